The third-order valence-electron chi connectivity index (χ3n) is 4.92. The number of fused-ring (bicyclic) bond motifs is 5. The van der Waals surface area contributed by atoms with Crippen molar-refractivity contribution in [3.63, 3.8) is 0 Å². The van der Waals surface area contributed by atoms with Gasteiger partial charge in [-0.1, -0.05) is 35.9 Å². The monoisotopic (exact) mass is 402 g/mol. The second kappa shape index (κ2) is 6.22. The van der Waals surface area contributed by atoms with Crippen LogP contribution in [0.15, 0.2) is 71.9 Å². The number of ketones is 1. The zero-order valence-electron chi connectivity index (χ0n) is 15.3. The Morgan fingerprint density at radius 1 is 0.897 bits per heavy atom. The Morgan fingerprint density at radius 2 is 1.66 bits per heavy atom. The Kier molecular flexibility index (Phi) is 3.75. The van der Waals surface area contributed by atoms with Gasteiger partial charge in [0.1, 0.15) is 4.90 Å². The Labute approximate surface area is 167 Å². The van der Waals surface area contributed by atoms with Crippen molar-refractivity contribution in [3.8, 4) is 17.0 Å². The molecule has 0 fully saturated rings. The van der Waals surface area contributed by atoms with Crippen molar-refractivity contribution in [3.05, 3.63) is 83.7 Å². The maximum atomic E-state index is 13.1. The smallest absolute Gasteiger partial charge is 0.340 e. The highest BCUT2D eigenvalue weighted by Crippen LogP contribution is 2.44. The summed E-state index contributed by atoms with van der Waals surface area (Å²) in [4.78, 5) is 21.6. The van der Waals surface area contributed by atoms with Crippen molar-refractivity contribution in [1.29, 1.82) is 0 Å². The van der Waals surface area contributed by atoms with E-state index in [-0.39, 0.29) is 22.1 Å². The molecule has 0 amide bonds. The molecule has 0 saturated heterocycles. The van der Waals surface area contributed by atoms with Gasteiger partial charge in [0.25, 0.3) is 0 Å². The molecule has 0 aliphatic heterocycles. The van der Waals surface area contributed by atoms with Crippen molar-refractivity contribution < 1.29 is 17.4 Å². The van der Waals surface area contributed by atoms with E-state index < -0.39 is 10.1 Å². The maximum absolute atomic E-state index is 13.1. The number of pyridine rings is 2. The van der Waals surface area contributed by atoms with E-state index in [1.807, 2.05) is 19.1 Å². The number of aromatic nitrogens is 2. The summed E-state index contributed by atoms with van der Waals surface area (Å²) >= 11 is 0. The molecule has 5 rings (SSSR count). The molecule has 0 atom stereocenters. The van der Waals surface area contributed by atoms with Gasteiger partial charge < -0.3 is 4.18 Å². The lowest BCUT2D eigenvalue weighted by atomic mass is 10.0. The predicted octanol–water partition coefficient (Wildman–Crippen LogP) is 3.92. The van der Waals surface area contributed by atoms with Crippen LogP contribution in [0.1, 0.15) is 21.5 Å². The maximum Gasteiger partial charge on any atom is 0.340 e. The van der Waals surface area contributed by atoms with Crippen molar-refractivity contribution in [2.24, 2.45) is 0 Å². The van der Waals surface area contributed by atoms with Gasteiger partial charge in [0.15, 0.2) is 5.78 Å². The lowest BCUT2D eigenvalue weighted by Gasteiger charge is -2.12. The van der Waals surface area contributed by atoms with Crippen LogP contribution in [0.4, 0.5) is 0 Å². The molecular weight excluding hydrogens is 388 g/mol. The first kappa shape index (κ1) is 17.5. The normalized spacial score (nSPS) is 12.7. The first-order valence-corrected chi connectivity index (χ1v) is 10.3. The van der Waals surface area contributed by atoms with Crippen molar-refractivity contribution in [2.45, 2.75) is 11.8 Å². The first-order valence-electron chi connectivity index (χ1n) is 8.89. The van der Waals surface area contributed by atoms with Gasteiger partial charge in [-0.05, 0) is 31.2 Å². The van der Waals surface area contributed by atoms with E-state index in [1.54, 1.807) is 36.5 Å². The second-order valence-electron chi connectivity index (χ2n) is 6.78. The van der Waals surface area contributed by atoms with Crippen molar-refractivity contribution in [2.75, 3.05) is 0 Å². The Balaban J connectivity index is 1.75. The Bertz CT molecular complexity index is 1410. The fraction of sp³-hybridized carbons (Fsp3) is 0.0455. The van der Waals surface area contributed by atoms with Crippen molar-refractivity contribution >= 4 is 26.8 Å². The van der Waals surface area contributed by atoms with Gasteiger partial charge in [0.2, 0.25) is 5.88 Å². The molecule has 4 aromatic rings. The van der Waals surface area contributed by atoms with Gasteiger partial charge in [0.05, 0.1) is 11.1 Å². The molecule has 0 spiro atoms. The van der Waals surface area contributed by atoms with Crippen molar-refractivity contribution in [1.82, 2.24) is 9.97 Å². The number of para-hydroxylation sites is 1. The molecule has 1 aliphatic rings. The minimum Gasteiger partial charge on any atom is -0.357 e. The number of carbonyl (C=O) groups is 1. The van der Waals surface area contributed by atoms with Gasteiger partial charge in [-0.2, -0.15) is 8.42 Å². The van der Waals surface area contributed by atoms with Gasteiger partial charge in [-0.25, -0.2) is 4.98 Å². The molecule has 1 aliphatic carbocycles. The molecule has 0 bridgehead atoms. The van der Waals surface area contributed by atoms with E-state index in [1.165, 1.54) is 18.3 Å². The van der Waals surface area contributed by atoms with E-state index >= 15 is 0 Å². The van der Waals surface area contributed by atoms with E-state index in [0.717, 1.165) is 10.9 Å². The molecule has 0 N–H and O–H groups in total. The summed E-state index contributed by atoms with van der Waals surface area (Å²) in [6, 6.07) is 15.1. The minimum atomic E-state index is -4.16. The number of nitrogens with zero attached hydrogens (tertiary/aromatic N) is 2. The van der Waals surface area contributed by atoms with E-state index in [9.17, 15) is 13.2 Å². The first-order chi connectivity index (χ1) is 14.0. The standard InChI is InChI=1S/C22H14N2O4S/c1-13-6-8-14(9-7-13)29(26,27)28-22-20-19(16-4-2-3-5-18(16)24-22)17-12-23-11-10-15(17)21(20)25/h2-12H,1H3. The number of carbonyl (C=O) groups excluding carboxylic acids is 1. The van der Waals surface area contributed by atoms with Crippen LogP contribution in [0.25, 0.3) is 22.0 Å². The molecule has 0 unspecified atom stereocenters. The topological polar surface area (TPSA) is 86.2 Å². The fourth-order valence-corrected chi connectivity index (χ4v) is 4.42. The Morgan fingerprint density at radius 3 is 2.45 bits per heavy atom. The van der Waals surface area contributed by atoms with E-state index in [2.05, 4.69) is 9.97 Å². The summed E-state index contributed by atoms with van der Waals surface area (Å²) < 4.78 is 31.1. The molecule has 2 aromatic heterocycles. The quantitative estimate of drug-likeness (QED) is 0.425. The van der Waals surface area contributed by atoms with Gasteiger partial charge >= 0.3 is 10.1 Å². The highest BCUT2D eigenvalue weighted by Gasteiger charge is 2.35. The second-order valence-corrected chi connectivity index (χ2v) is 8.33. The lowest BCUT2D eigenvalue weighted by Crippen LogP contribution is -2.13. The summed E-state index contributed by atoms with van der Waals surface area (Å²) in [6.45, 7) is 1.86. The predicted molar refractivity (Wildman–Crippen MR) is 107 cm³/mol. The van der Waals surface area contributed by atoms with Crippen LogP contribution in [0.2, 0.25) is 0 Å². The SMILES string of the molecule is Cc1ccc(S(=O)(=O)Oc2nc3ccccc3c3c2C(=O)c2ccncc2-3)cc1. The van der Waals surface area contributed by atoms with Crippen LogP contribution >= 0.6 is 0 Å². The summed E-state index contributed by atoms with van der Waals surface area (Å²) in [5, 5.41) is 0.739. The highest BCUT2D eigenvalue weighted by atomic mass is 32.2. The summed E-state index contributed by atoms with van der Waals surface area (Å²) in [6.07, 6.45) is 3.13. The fourth-order valence-electron chi connectivity index (χ4n) is 3.52. The number of hydrogen-bond acceptors (Lipinski definition) is 6. The summed E-state index contributed by atoms with van der Waals surface area (Å²) in [5.41, 5.74) is 3.28. The Hall–Kier alpha value is -3.58. The minimum absolute atomic E-state index is 0.00330. The summed E-state index contributed by atoms with van der Waals surface area (Å²) in [7, 11) is -4.16. The molecular formula is C22H14N2O4S. The zero-order valence-corrected chi connectivity index (χ0v) is 16.1. The van der Waals surface area contributed by atoms with Gasteiger partial charge in [-0.15, -0.1) is 0 Å². The van der Waals surface area contributed by atoms with E-state index in [4.69, 9.17) is 4.18 Å². The molecule has 2 heterocycles. The van der Waals surface area contributed by atoms with Crippen LogP contribution in [0, 0.1) is 6.92 Å². The van der Waals surface area contributed by atoms with Crippen LogP contribution in [0.5, 0.6) is 5.88 Å². The third kappa shape index (κ3) is 2.70. The lowest BCUT2D eigenvalue weighted by molar-refractivity contribution is 0.104. The molecule has 7 heteroatoms. The molecule has 0 radical (unpaired) electrons. The summed E-state index contributed by atoms with van der Waals surface area (Å²) in [5.74, 6) is -0.551. The van der Waals surface area contributed by atoms with Gasteiger partial charge in [-0.3, -0.25) is 9.78 Å². The van der Waals surface area contributed by atoms with Crippen LogP contribution < -0.4 is 4.18 Å². The zero-order chi connectivity index (χ0) is 20.2. The highest BCUT2D eigenvalue weighted by molar-refractivity contribution is 7.87. The molecule has 142 valence electrons. The van der Waals surface area contributed by atoms with Gasteiger partial charge in [0, 0.05) is 34.5 Å². The number of rotatable bonds is 3. The number of hydrogen-bond donors (Lipinski definition) is 0. The number of benzene rings is 2. The largest absolute Gasteiger partial charge is 0.357 e. The van der Waals surface area contributed by atoms with Crippen LogP contribution in [-0.2, 0) is 10.1 Å². The molecule has 29 heavy (non-hydrogen) atoms. The molecule has 6 nitrogen and oxygen atoms in total. The average molecular weight is 402 g/mol. The molecule has 0 saturated carbocycles. The number of aryl methyl sites for hydroxylation is 1. The van der Waals surface area contributed by atoms with Crippen LogP contribution in [0.3, 0.4) is 0 Å². The van der Waals surface area contributed by atoms with E-state index in [0.29, 0.717) is 22.2 Å². The third-order valence-corrected chi connectivity index (χ3v) is 6.15. The average Bonchev–Trinajstić information content (AvgIpc) is 3.02. The van der Waals surface area contributed by atoms with Crippen LogP contribution in [-0.4, -0.2) is 24.2 Å². The molecule has 2 aromatic carbocycles.